The summed E-state index contributed by atoms with van der Waals surface area (Å²) in [6.07, 6.45) is 9.43. The number of furan rings is 1. The van der Waals surface area contributed by atoms with Gasteiger partial charge in [0.2, 0.25) is 5.91 Å². The van der Waals surface area contributed by atoms with Gasteiger partial charge in [-0.1, -0.05) is 44.2 Å². The summed E-state index contributed by atoms with van der Waals surface area (Å²) in [6.45, 7) is 2.39. The molecule has 0 unspecified atom stereocenters. The number of hydrogen-bond acceptors (Lipinski definition) is 5. The molecule has 0 radical (unpaired) electrons. The molecule has 1 fully saturated rings. The van der Waals surface area contributed by atoms with Crippen molar-refractivity contribution in [1.82, 2.24) is 20.0 Å². The van der Waals surface area contributed by atoms with Gasteiger partial charge in [-0.2, -0.15) is 5.10 Å². The van der Waals surface area contributed by atoms with Crippen LogP contribution in [0.5, 0.6) is 5.75 Å². The van der Waals surface area contributed by atoms with Crippen molar-refractivity contribution in [3.05, 3.63) is 60.0 Å². The van der Waals surface area contributed by atoms with E-state index in [2.05, 4.69) is 10.4 Å². The molecule has 0 bridgehead atoms. The zero-order valence-electron chi connectivity index (χ0n) is 21.0. The van der Waals surface area contributed by atoms with Crippen molar-refractivity contribution in [2.45, 2.75) is 76.5 Å². The number of rotatable bonds is 6. The van der Waals surface area contributed by atoms with E-state index in [4.69, 9.17) is 9.15 Å². The van der Waals surface area contributed by atoms with Crippen molar-refractivity contribution in [3.63, 3.8) is 0 Å². The van der Waals surface area contributed by atoms with E-state index >= 15 is 0 Å². The van der Waals surface area contributed by atoms with E-state index < -0.39 is 5.54 Å². The molecule has 1 aromatic carbocycles. The highest BCUT2D eigenvalue weighted by molar-refractivity contribution is 6.00. The molecule has 0 spiro atoms. The second-order valence-corrected chi connectivity index (χ2v) is 10.1. The van der Waals surface area contributed by atoms with Gasteiger partial charge < -0.3 is 19.4 Å². The van der Waals surface area contributed by atoms with Crippen LogP contribution < -0.4 is 10.1 Å². The third-order valence-electron chi connectivity index (χ3n) is 7.48. The Morgan fingerprint density at radius 3 is 2.64 bits per heavy atom. The van der Waals surface area contributed by atoms with E-state index in [1.54, 1.807) is 35.1 Å². The summed E-state index contributed by atoms with van der Waals surface area (Å²) in [5.74, 6) is 0.933. The van der Waals surface area contributed by atoms with Gasteiger partial charge in [-0.05, 0) is 49.6 Å². The van der Waals surface area contributed by atoms with Crippen LogP contribution in [0.4, 0.5) is 0 Å². The Kier molecular flexibility index (Phi) is 6.85. The predicted molar refractivity (Wildman–Crippen MR) is 135 cm³/mol. The Morgan fingerprint density at radius 1 is 1.14 bits per heavy atom. The number of nitrogens with one attached hydrogen (secondary N) is 1. The average Bonchev–Trinajstić information content (AvgIpc) is 3.53. The normalized spacial score (nSPS) is 20.9. The van der Waals surface area contributed by atoms with Gasteiger partial charge in [-0.25, -0.2) is 0 Å². The molecule has 190 valence electrons. The van der Waals surface area contributed by atoms with Crippen molar-refractivity contribution >= 4 is 11.8 Å². The zero-order chi connectivity index (χ0) is 25.1. The number of fused-ring (bicyclic) bond motifs is 1. The smallest absolute Gasteiger partial charge is 0.273 e. The Morgan fingerprint density at radius 2 is 1.92 bits per heavy atom. The van der Waals surface area contributed by atoms with Crippen LogP contribution in [0.1, 0.15) is 67.9 Å². The first-order valence-corrected chi connectivity index (χ1v) is 12.9. The maximum absolute atomic E-state index is 13.9. The number of benzene rings is 1. The summed E-state index contributed by atoms with van der Waals surface area (Å²) in [6, 6.07) is 13.1. The molecule has 1 N–H and O–H groups in total. The second kappa shape index (κ2) is 10.2. The van der Waals surface area contributed by atoms with Crippen LogP contribution in [0.2, 0.25) is 0 Å². The maximum Gasteiger partial charge on any atom is 0.273 e. The number of amides is 2. The van der Waals surface area contributed by atoms with Gasteiger partial charge in [-0.3, -0.25) is 14.3 Å². The van der Waals surface area contributed by atoms with Gasteiger partial charge in [-0.15, -0.1) is 0 Å². The lowest BCUT2D eigenvalue weighted by molar-refractivity contribution is -0.134. The topological polar surface area (TPSA) is 89.6 Å². The first-order valence-electron chi connectivity index (χ1n) is 12.9. The van der Waals surface area contributed by atoms with Crippen molar-refractivity contribution < 1.29 is 18.7 Å². The molecular formula is C28H34N4O4. The van der Waals surface area contributed by atoms with Gasteiger partial charge in [0.15, 0.2) is 5.76 Å². The van der Waals surface area contributed by atoms with E-state index in [0.717, 1.165) is 31.2 Å². The van der Waals surface area contributed by atoms with Crippen LogP contribution in [0.15, 0.2) is 53.1 Å². The van der Waals surface area contributed by atoms with Crippen LogP contribution in [0.25, 0.3) is 11.5 Å². The standard InChI is InChI=1S/C28H34N4O4/c1-28(27(34)29-21-11-6-4-3-5-7-12-21)19-32-24(17-23(30-32)25-14-9-15-36-25)26(33)31(28)18-20-10-8-13-22(16-20)35-2/h8-10,13-17,21H,3-7,11-12,18-19H2,1-2H3,(H,29,34)/t28-/m1/s1. The number of nitrogens with zero attached hydrogens (tertiary/aromatic N) is 3. The van der Waals surface area contributed by atoms with Crippen molar-refractivity contribution in [2.24, 2.45) is 0 Å². The molecule has 8 heteroatoms. The maximum atomic E-state index is 13.9. The molecule has 8 nitrogen and oxygen atoms in total. The summed E-state index contributed by atoms with van der Waals surface area (Å²) in [4.78, 5) is 29.5. The van der Waals surface area contributed by atoms with E-state index in [-0.39, 0.29) is 30.9 Å². The molecular weight excluding hydrogens is 456 g/mol. The van der Waals surface area contributed by atoms with Gasteiger partial charge in [0, 0.05) is 18.7 Å². The molecule has 36 heavy (non-hydrogen) atoms. The van der Waals surface area contributed by atoms with Crippen molar-refractivity contribution in [3.8, 4) is 17.2 Å². The predicted octanol–water partition coefficient (Wildman–Crippen LogP) is 4.80. The Bertz CT molecular complexity index is 1210. The quantitative estimate of drug-likeness (QED) is 0.536. The fourth-order valence-electron chi connectivity index (χ4n) is 5.33. The van der Waals surface area contributed by atoms with Crippen LogP contribution in [0.3, 0.4) is 0 Å². The van der Waals surface area contributed by atoms with Crippen LogP contribution >= 0.6 is 0 Å². The fraction of sp³-hybridized carbons (Fsp3) is 0.464. The van der Waals surface area contributed by atoms with E-state index in [0.29, 0.717) is 22.9 Å². The Labute approximate surface area is 211 Å². The highest BCUT2D eigenvalue weighted by atomic mass is 16.5. The van der Waals surface area contributed by atoms with E-state index in [1.165, 1.54) is 19.3 Å². The molecule has 3 aromatic rings. The zero-order valence-corrected chi connectivity index (χ0v) is 21.0. The first-order chi connectivity index (χ1) is 17.5. The monoisotopic (exact) mass is 490 g/mol. The molecule has 2 aliphatic rings. The average molecular weight is 491 g/mol. The van der Waals surface area contributed by atoms with Crippen LogP contribution in [-0.4, -0.2) is 45.2 Å². The summed E-state index contributed by atoms with van der Waals surface area (Å²) in [5.41, 5.74) is 0.809. The molecule has 2 aromatic heterocycles. The highest BCUT2D eigenvalue weighted by Crippen LogP contribution is 2.32. The molecule has 2 amide bonds. The lowest BCUT2D eigenvalue weighted by atomic mass is 9.91. The number of hydrogen-bond donors (Lipinski definition) is 1. The number of aromatic nitrogens is 2. The molecule has 1 saturated carbocycles. The van der Waals surface area contributed by atoms with Crippen LogP contribution in [0, 0.1) is 0 Å². The third-order valence-corrected chi connectivity index (χ3v) is 7.48. The minimum absolute atomic E-state index is 0.126. The first kappa shape index (κ1) is 24.2. The van der Waals surface area contributed by atoms with E-state index in [9.17, 15) is 9.59 Å². The molecule has 3 heterocycles. The number of ether oxygens (including phenoxy) is 1. The third kappa shape index (κ3) is 4.76. The van der Waals surface area contributed by atoms with Gasteiger partial charge in [0.25, 0.3) is 5.91 Å². The molecule has 0 saturated heterocycles. The van der Waals surface area contributed by atoms with Gasteiger partial charge >= 0.3 is 0 Å². The highest BCUT2D eigenvalue weighted by Gasteiger charge is 2.48. The number of methoxy groups -OCH3 is 1. The molecule has 1 aliphatic carbocycles. The van der Waals surface area contributed by atoms with E-state index in [1.807, 2.05) is 37.3 Å². The second-order valence-electron chi connectivity index (χ2n) is 10.1. The lowest BCUT2D eigenvalue weighted by Crippen LogP contribution is -2.64. The SMILES string of the molecule is COc1cccc(CN2C(=O)c3cc(-c4ccco4)nn3C[C@]2(C)C(=O)NC2CCCCCCC2)c1. The Hall–Kier alpha value is -3.55. The largest absolute Gasteiger partial charge is 0.497 e. The molecule has 1 aliphatic heterocycles. The summed E-state index contributed by atoms with van der Waals surface area (Å²) < 4.78 is 12.5. The number of carbonyl (C=O) groups is 2. The summed E-state index contributed by atoms with van der Waals surface area (Å²) in [7, 11) is 1.62. The summed E-state index contributed by atoms with van der Waals surface area (Å²) in [5, 5.41) is 7.94. The summed E-state index contributed by atoms with van der Waals surface area (Å²) >= 11 is 0. The molecule has 5 rings (SSSR count). The van der Waals surface area contributed by atoms with Gasteiger partial charge in [0.05, 0.1) is 19.9 Å². The lowest BCUT2D eigenvalue weighted by Gasteiger charge is -2.44. The Balaban J connectivity index is 1.48. The van der Waals surface area contributed by atoms with Crippen molar-refractivity contribution in [2.75, 3.05) is 7.11 Å². The minimum atomic E-state index is -1.11. The number of carbonyl (C=O) groups excluding carboxylic acids is 2. The molecule has 1 atom stereocenters. The van der Waals surface area contributed by atoms with Crippen LogP contribution in [-0.2, 0) is 17.9 Å². The fourth-order valence-corrected chi connectivity index (χ4v) is 5.33. The van der Waals surface area contributed by atoms with Crippen molar-refractivity contribution in [1.29, 1.82) is 0 Å². The van der Waals surface area contributed by atoms with Gasteiger partial charge in [0.1, 0.15) is 22.7 Å². The minimum Gasteiger partial charge on any atom is -0.497 e.